The number of carboxylic acids is 1. The number of rotatable bonds is 4. The van der Waals surface area contributed by atoms with Crippen LogP contribution in [0.25, 0.3) is 11.1 Å². The van der Waals surface area contributed by atoms with Gasteiger partial charge in [0.15, 0.2) is 0 Å². The molecule has 6 heteroatoms. The van der Waals surface area contributed by atoms with Gasteiger partial charge < -0.3 is 15.2 Å². The molecule has 2 aromatic rings. The number of carbonyl (C=O) groups is 2. The molecule has 4 atom stereocenters. The van der Waals surface area contributed by atoms with Crippen molar-refractivity contribution in [3.8, 4) is 11.1 Å². The van der Waals surface area contributed by atoms with Gasteiger partial charge in [0.2, 0.25) is 0 Å². The summed E-state index contributed by atoms with van der Waals surface area (Å²) in [5.74, 6) is -0.203. The van der Waals surface area contributed by atoms with Gasteiger partial charge in [-0.05, 0) is 66.2 Å². The molecule has 0 bridgehead atoms. The number of alkyl carbamates (subject to hydrolysis) is 1. The van der Waals surface area contributed by atoms with E-state index in [1.54, 1.807) is 0 Å². The second kappa shape index (κ2) is 8.54. The third-order valence-electron chi connectivity index (χ3n) is 7.73. The van der Waals surface area contributed by atoms with Crippen molar-refractivity contribution < 1.29 is 19.4 Å². The molecule has 4 unspecified atom stereocenters. The molecule has 1 amide bonds. The van der Waals surface area contributed by atoms with Gasteiger partial charge >= 0.3 is 12.1 Å². The van der Waals surface area contributed by atoms with Crippen LogP contribution in [0.1, 0.15) is 55.6 Å². The van der Waals surface area contributed by atoms with E-state index in [1.807, 2.05) is 24.3 Å². The van der Waals surface area contributed by atoms with Crippen LogP contribution in [0.3, 0.4) is 0 Å². The lowest BCUT2D eigenvalue weighted by Crippen LogP contribution is -2.59. The van der Waals surface area contributed by atoms with E-state index in [-0.39, 0.29) is 12.5 Å². The van der Waals surface area contributed by atoms with E-state index < -0.39 is 17.6 Å². The number of aliphatic carboxylic acids is 1. The average Bonchev–Trinajstić information content (AvgIpc) is 3.11. The second-order valence-corrected chi connectivity index (χ2v) is 10.6. The maximum absolute atomic E-state index is 12.8. The molecule has 2 N–H and O–H groups in total. The molecule has 0 aliphatic heterocycles. The van der Waals surface area contributed by atoms with E-state index in [0.717, 1.165) is 36.8 Å². The fourth-order valence-corrected chi connectivity index (χ4v) is 7.14. The molecule has 2 fully saturated rings. The summed E-state index contributed by atoms with van der Waals surface area (Å²) >= 11 is 3.79. The fraction of sp³-hybridized carbons (Fsp3) is 0.462. The van der Waals surface area contributed by atoms with Crippen LogP contribution in [0, 0.1) is 11.8 Å². The Labute approximate surface area is 196 Å². The van der Waals surface area contributed by atoms with Crippen molar-refractivity contribution in [3.05, 3.63) is 59.7 Å². The number of alkyl halides is 1. The monoisotopic (exact) mass is 497 g/mol. The van der Waals surface area contributed by atoms with Crippen LogP contribution in [-0.2, 0) is 9.53 Å². The first-order valence-electron chi connectivity index (χ1n) is 11.5. The zero-order chi connectivity index (χ0) is 22.3. The first-order valence-corrected chi connectivity index (χ1v) is 12.4. The number of hydrogen-bond acceptors (Lipinski definition) is 3. The number of halogens is 1. The van der Waals surface area contributed by atoms with E-state index in [4.69, 9.17) is 4.74 Å². The van der Waals surface area contributed by atoms with Gasteiger partial charge in [-0.25, -0.2) is 9.59 Å². The summed E-state index contributed by atoms with van der Waals surface area (Å²) in [5.41, 5.74) is 3.37. The smallest absolute Gasteiger partial charge is 0.408 e. The fourth-order valence-electron chi connectivity index (χ4n) is 6.12. The topological polar surface area (TPSA) is 75.6 Å². The third kappa shape index (κ3) is 3.72. The zero-order valence-corrected chi connectivity index (χ0v) is 19.5. The van der Waals surface area contributed by atoms with Gasteiger partial charge in [-0.15, -0.1) is 0 Å². The summed E-state index contributed by atoms with van der Waals surface area (Å²) in [6.07, 6.45) is 4.33. The van der Waals surface area contributed by atoms with Gasteiger partial charge in [-0.2, -0.15) is 0 Å². The number of carbonyl (C=O) groups excluding carboxylic acids is 1. The number of hydrogen-bond donors (Lipinski definition) is 2. The number of benzene rings is 2. The Kier molecular flexibility index (Phi) is 5.74. The van der Waals surface area contributed by atoms with Crippen LogP contribution in [-0.4, -0.2) is 34.1 Å². The number of fused-ring (bicyclic) bond motifs is 4. The highest BCUT2D eigenvalue weighted by Crippen LogP contribution is 2.47. The minimum Gasteiger partial charge on any atom is -0.480 e. The Hall–Kier alpha value is -2.34. The quantitative estimate of drug-likeness (QED) is 0.530. The first kappa shape index (κ1) is 21.5. The highest BCUT2D eigenvalue weighted by Gasteiger charge is 2.49. The normalized spacial score (nSPS) is 28.8. The minimum atomic E-state index is -1.24. The first-order chi connectivity index (χ1) is 15.5. The summed E-state index contributed by atoms with van der Waals surface area (Å²) in [5, 5.41) is 12.8. The second-order valence-electron chi connectivity index (χ2n) is 9.45. The molecule has 0 radical (unpaired) electrons. The van der Waals surface area contributed by atoms with Crippen LogP contribution in [0.2, 0.25) is 0 Å². The van der Waals surface area contributed by atoms with E-state index in [9.17, 15) is 14.7 Å². The van der Waals surface area contributed by atoms with Crippen molar-refractivity contribution in [2.24, 2.45) is 11.8 Å². The van der Waals surface area contributed by atoms with Crippen LogP contribution < -0.4 is 5.32 Å². The molecule has 32 heavy (non-hydrogen) atoms. The summed E-state index contributed by atoms with van der Waals surface area (Å²) in [4.78, 5) is 25.5. The molecular weight excluding hydrogens is 470 g/mol. The van der Waals surface area contributed by atoms with Crippen molar-refractivity contribution in [2.75, 3.05) is 6.61 Å². The number of ether oxygens (including phenoxy) is 1. The van der Waals surface area contributed by atoms with Crippen molar-refractivity contribution in [2.45, 2.75) is 54.8 Å². The Morgan fingerprint density at radius 1 is 1.03 bits per heavy atom. The summed E-state index contributed by atoms with van der Waals surface area (Å²) in [6, 6.07) is 16.3. The largest absolute Gasteiger partial charge is 0.480 e. The van der Waals surface area contributed by atoms with Crippen molar-refractivity contribution >= 4 is 28.0 Å². The Morgan fingerprint density at radius 2 is 1.69 bits per heavy atom. The van der Waals surface area contributed by atoms with Crippen molar-refractivity contribution in [3.63, 3.8) is 0 Å². The van der Waals surface area contributed by atoms with Crippen LogP contribution in [0.4, 0.5) is 4.79 Å². The number of amides is 1. The SMILES string of the molecule is O=C(NC1(C(=O)O)CCC2C(Br)CCCC2C1)OCC1c2ccccc2-c2ccccc21. The Bertz CT molecular complexity index is 994. The van der Waals surface area contributed by atoms with Crippen LogP contribution >= 0.6 is 15.9 Å². The van der Waals surface area contributed by atoms with E-state index >= 15 is 0 Å². The molecule has 5 rings (SSSR count). The van der Waals surface area contributed by atoms with Gasteiger partial charge in [0.05, 0.1) is 0 Å². The van der Waals surface area contributed by atoms with Gasteiger partial charge in [-0.3, -0.25) is 0 Å². The molecule has 0 saturated heterocycles. The van der Waals surface area contributed by atoms with Crippen LogP contribution in [0.5, 0.6) is 0 Å². The predicted molar refractivity (Wildman–Crippen MR) is 126 cm³/mol. The van der Waals surface area contributed by atoms with E-state index in [2.05, 4.69) is 45.5 Å². The summed E-state index contributed by atoms with van der Waals surface area (Å²) in [6.45, 7) is 0.186. The molecule has 0 heterocycles. The molecule has 2 saturated carbocycles. The summed E-state index contributed by atoms with van der Waals surface area (Å²) in [7, 11) is 0. The molecule has 168 valence electrons. The van der Waals surface area contributed by atoms with E-state index in [1.165, 1.54) is 11.1 Å². The van der Waals surface area contributed by atoms with Crippen molar-refractivity contribution in [1.29, 1.82) is 0 Å². The average molecular weight is 498 g/mol. The third-order valence-corrected chi connectivity index (χ3v) is 8.87. The molecule has 3 aliphatic carbocycles. The molecule has 3 aliphatic rings. The Balaban J connectivity index is 1.29. The van der Waals surface area contributed by atoms with Crippen molar-refractivity contribution in [1.82, 2.24) is 5.32 Å². The maximum atomic E-state index is 12.8. The molecule has 2 aromatic carbocycles. The summed E-state index contributed by atoms with van der Waals surface area (Å²) < 4.78 is 5.65. The van der Waals surface area contributed by atoms with Gasteiger partial charge in [0.1, 0.15) is 12.1 Å². The minimum absolute atomic E-state index is 0.0443. The van der Waals surface area contributed by atoms with E-state index in [0.29, 0.717) is 29.5 Å². The molecule has 0 aromatic heterocycles. The number of carboxylic acid groups (broad SMARTS) is 1. The lowest BCUT2D eigenvalue weighted by atomic mass is 9.64. The predicted octanol–water partition coefficient (Wildman–Crippen LogP) is 5.71. The zero-order valence-electron chi connectivity index (χ0n) is 17.9. The molecule has 0 spiro atoms. The lowest BCUT2D eigenvalue weighted by molar-refractivity contribution is -0.148. The standard InChI is InChI=1S/C26H28BrNO4/c27-23-11-5-6-16-14-26(24(29)30,13-12-17(16)23)28-25(31)32-15-22-20-9-3-1-7-18(20)19-8-2-4-10-21(19)22/h1-4,7-10,16-17,22-23H,5-6,11-15H2,(H,28,31)(H,29,30). The van der Waals surface area contributed by atoms with Gasteiger partial charge in [0, 0.05) is 10.7 Å². The Morgan fingerprint density at radius 3 is 2.34 bits per heavy atom. The maximum Gasteiger partial charge on any atom is 0.408 e. The highest BCUT2D eigenvalue weighted by molar-refractivity contribution is 9.09. The molecular formula is C26H28BrNO4. The number of nitrogens with one attached hydrogen (secondary N) is 1. The lowest BCUT2D eigenvalue weighted by Gasteiger charge is -2.46. The van der Waals surface area contributed by atoms with Gasteiger partial charge in [-0.1, -0.05) is 70.9 Å². The van der Waals surface area contributed by atoms with Crippen LogP contribution in [0.15, 0.2) is 48.5 Å². The van der Waals surface area contributed by atoms with Gasteiger partial charge in [0.25, 0.3) is 0 Å². The highest BCUT2D eigenvalue weighted by atomic mass is 79.9. The molecule has 5 nitrogen and oxygen atoms in total.